The van der Waals surface area contributed by atoms with E-state index >= 15 is 0 Å². The van der Waals surface area contributed by atoms with Crippen LogP contribution in [0.1, 0.15) is 342 Å². The highest BCUT2D eigenvalue weighted by Gasteiger charge is 2.19. The van der Waals surface area contributed by atoms with Gasteiger partial charge >= 0.3 is 17.9 Å². The highest BCUT2D eigenvalue weighted by atomic mass is 16.6. The average molecular weight is 972 g/mol. The van der Waals surface area contributed by atoms with Crippen LogP contribution in [0.2, 0.25) is 0 Å². The molecular weight excluding hydrogens is 853 g/mol. The standard InChI is InChI=1S/C63H118O6/c1-4-7-10-13-16-19-22-25-27-29-30-31-32-34-35-38-41-44-47-50-53-56-62(65)68-59-60(58-67-61(64)55-52-49-46-43-40-37-24-21-18-15-12-9-6-3)69-63(66)57-54-51-48-45-42-39-36-33-28-26-23-20-17-14-11-8-5-2/h17,20,26,28,60H,4-16,18-19,21-25,27,29-59H2,1-3H3/b20-17-,28-26-/t60-/m0/s1. The molecule has 0 aromatic heterocycles. The van der Waals surface area contributed by atoms with Crippen LogP contribution in [0.5, 0.6) is 0 Å². The number of unbranched alkanes of at least 4 members (excludes halogenated alkanes) is 42. The summed E-state index contributed by atoms with van der Waals surface area (Å²) in [6.45, 7) is 6.67. The third kappa shape index (κ3) is 56.7. The van der Waals surface area contributed by atoms with Crippen LogP contribution in [-0.4, -0.2) is 37.2 Å². The molecule has 0 amide bonds. The van der Waals surface area contributed by atoms with Gasteiger partial charge < -0.3 is 14.2 Å². The maximum Gasteiger partial charge on any atom is 0.306 e. The van der Waals surface area contributed by atoms with Crippen molar-refractivity contribution in [1.29, 1.82) is 0 Å². The number of hydrogen-bond acceptors (Lipinski definition) is 6. The molecule has 6 heteroatoms. The van der Waals surface area contributed by atoms with Crippen LogP contribution in [0.25, 0.3) is 0 Å². The Morgan fingerprint density at radius 2 is 0.522 bits per heavy atom. The topological polar surface area (TPSA) is 78.9 Å². The monoisotopic (exact) mass is 971 g/mol. The van der Waals surface area contributed by atoms with E-state index in [-0.39, 0.29) is 31.1 Å². The number of rotatable bonds is 57. The van der Waals surface area contributed by atoms with Crippen LogP contribution < -0.4 is 0 Å². The molecular formula is C63H118O6. The highest BCUT2D eigenvalue weighted by Crippen LogP contribution is 2.18. The van der Waals surface area contributed by atoms with Crippen LogP contribution in [0.4, 0.5) is 0 Å². The van der Waals surface area contributed by atoms with E-state index in [4.69, 9.17) is 14.2 Å². The zero-order chi connectivity index (χ0) is 50.0. The first-order valence-electron chi connectivity index (χ1n) is 30.8. The maximum atomic E-state index is 12.9. The Morgan fingerprint density at radius 3 is 0.826 bits per heavy atom. The molecule has 69 heavy (non-hydrogen) atoms. The summed E-state index contributed by atoms with van der Waals surface area (Å²) in [6.07, 6.45) is 68.9. The summed E-state index contributed by atoms with van der Waals surface area (Å²) in [7, 11) is 0. The summed E-state index contributed by atoms with van der Waals surface area (Å²) >= 11 is 0. The molecule has 0 rings (SSSR count). The minimum atomic E-state index is -0.771. The molecule has 1 atom stereocenters. The zero-order valence-electron chi connectivity index (χ0n) is 46.6. The third-order valence-corrected chi connectivity index (χ3v) is 14.0. The van der Waals surface area contributed by atoms with E-state index in [1.165, 1.54) is 231 Å². The van der Waals surface area contributed by atoms with E-state index < -0.39 is 6.10 Å². The fourth-order valence-corrected chi connectivity index (χ4v) is 9.30. The fraction of sp³-hybridized carbons (Fsp3) is 0.889. The minimum Gasteiger partial charge on any atom is -0.462 e. The van der Waals surface area contributed by atoms with Crippen LogP contribution >= 0.6 is 0 Å². The average Bonchev–Trinajstić information content (AvgIpc) is 3.35. The second kappa shape index (κ2) is 58.5. The Labute approximate surface area is 430 Å². The zero-order valence-corrected chi connectivity index (χ0v) is 46.6. The summed E-state index contributed by atoms with van der Waals surface area (Å²) < 4.78 is 16.9. The molecule has 0 unspecified atom stereocenters. The smallest absolute Gasteiger partial charge is 0.306 e. The van der Waals surface area contributed by atoms with E-state index in [1.54, 1.807) is 0 Å². The Balaban J connectivity index is 4.28. The van der Waals surface area contributed by atoms with Crippen molar-refractivity contribution in [3.05, 3.63) is 24.3 Å². The van der Waals surface area contributed by atoms with E-state index in [0.29, 0.717) is 19.3 Å². The lowest BCUT2D eigenvalue weighted by molar-refractivity contribution is -0.167. The van der Waals surface area contributed by atoms with Crippen molar-refractivity contribution < 1.29 is 28.6 Å². The van der Waals surface area contributed by atoms with Crippen molar-refractivity contribution in [3.63, 3.8) is 0 Å². The Morgan fingerprint density at radius 1 is 0.290 bits per heavy atom. The first-order chi connectivity index (χ1) is 34.0. The number of esters is 3. The molecule has 0 radical (unpaired) electrons. The number of carbonyl (C=O) groups excluding carboxylic acids is 3. The number of allylic oxidation sites excluding steroid dienone is 4. The fourth-order valence-electron chi connectivity index (χ4n) is 9.30. The van der Waals surface area contributed by atoms with Gasteiger partial charge in [-0.25, -0.2) is 0 Å². The van der Waals surface area contributed by atoms with Gasteiger partial charge in [-0.3, -0.25) is 14.4 Å². The van der Waals surface area contributed by atoms with Gasteiger partial charge in [0.25, 0.3) is 0 Å². The van der Waals surface area contributed by atoms with Gasteiger partial charge in [0.2, 0.25) is 0 Å². The summed E-state index contributed by atoms with van der Waals surface area (Å²) in [5.74, 6) is -0.851. The molecule has 406 valence electrons. The summed E-state index contributed by atoms with van der Waals surface area (Å²) in [5.41, 5.74) is 0. The molecule has 0 bridgehead atoms. The minimum absolute atomic E-state index is 0.0687. The highest BCUT2D eigenvalue weighted by molar-refractivity contribution is 5.71. The Bertz CT molecular complexity index is 1110. The van der Waals surface area contributed by atoms with Gasteiger partial charge in [-0.1, -0.05) is 295 Å². The summed E-state index contributed by atoms with van der Waals surface area (Å²) in [5, 5.41) is 0. The van der Waals surface area contributed by atoms with Crippen LogP contribution in [-0.2, 0) is 28.6 Å². The molecule has 0 saturated carbocycles. The molecule has 0 heterocycles. The van der Waals surface area contributed by atoms with Gasteiger partial charge in [0, 0.05) is 19.3 Å². The van der Waals surface area contributed by atoms with Crippen molar-refractivity contribution in [2.24, 2.45) is 0 Å². The normalized spacial score (nSPS) is 12.1. The van der Waals surface area contributed by atoms with Crippen LogP contribution in [0.3, 0.4) is 0 Å². The second-order valence-electron chi connectivity index (χ2n) is 21.0. The van der Waals surface area contributed by atoms with Gasteiger partial charge in [0.15, 0.2) is 6.10 Å². The molecule has 0 aliphatic carbocycles. The van der Waals surface area contributed by atoms with Crippen molar-refractivity contribution in [2.75, 3.05) is 13.2 Å². The van der Waals surface area contributed by atoms with Gasteiger partial charge in [0.1, 0.15) is 13.2 Å². The molecule has 0 aromatic rings. The Hall–Kier alpha value is -2.11. The molecule has 0 aromatic carbocycles. The molecule has 6 nitrogen and oxygen atoms in total. The van der Waals surface area contributed by atoms with Crippen LogP contribution in [0, 0.1) is 0 Å². The summed E-state index contributed by atoms with van der Waals surface area (Å²) in [4.78, 5) is 38.2. The Kier molecular flexibility index (Phi) is 56.7. The van der Waals surface area contributed by atoms with E-state index in [2.05, 4.69) is 45.1 Å². The lowest BCUT2D eigenvalue weighted by Crippen LogP contribution is -2.30. The second-order valence-corrected chi connectivity index (χ2v) is 21.0. The largest absolute Gasteiger partial charge is 0.462 e. The lowest BCUT2D eigenvalue weighted by Gasteiger charge is -2.18. The number of ether oxygens (including phenoxy) is 3. The van der Waals surface area contributed by atoms with Crippen molar-refractivity contribution in [1.82, 2.24) is 0 Å². The number of hydrogen-bond donors (Lipinski definition) is 0. The van der Waals surface area contributed by atoms with Gasteiger partial charge in [0.05, 0.1) is 0 Å². The molecule has 0 N–H and O–H groups in total. The van der Waals surface area contributed by atoms with Crippen molar-refractivity contribution in [2.45, 2.75) is 348 Å². The summed E-state index contributed by atoms with van der Waals surface area (Å²) in [6, 6.07) is 0. The van der Waals surface area contributed by atoms with Gasteiger partial charge in [-0.2, -0.15) is 0 Å². The first-order valence-corrected chi connectivity index (χ1v) is 30.8. The van der Waals surface area contributed by atoms with Crippen LogP contribution in [0.15, 0.2) is 24.3 Å². The molecule has 0 saturated heterocycles. The van der Waals surface area contributed by atoms with E-state index in [0.717, 1.165) is 70.6 Å². The van der Waals surface area contributed by atoms with Crippen molar-refractivity contribution >= 4 is 17.9 Å². The van der Waals surface area contributed by atoms with E-state index in [1.807, 2.05) is 0 Å². The predicted molar refractivity (Wildman–Crippen MR) is 298 cm³/mol. The lowest BCUT2D eigenvalue weighted by atomic mass is 10.0. The maximum absolute atomic E-state index is 12.9. The third-order valence-electron chi connectivity index (χ3n) is 14.0. The molecule has 0 aliphatic heterocycles. The quantitative estimate of drug-likeness (QED) is 0.0261. The van der Waals surface area contributed by atoms with E-state index in [9.17, 15) is 14.4 Å². The number of carbonyl (C=O) groups is 3. The van der Waals surface area contributed by atoms with Gasteiger partial charge in [-0.15, -0.1) is 0 Å². The molecule has 0 aliphatic rings. The molecule has 0 fully saturated rings. The first kappa shape index (κ1) is 66.9. The molecule has 0 spiro atoms. The van der Waals surface area contributed by atoms with Crippen molar-refractivity contribution in [3.8, 4) is 0 Å². The van der Waals surface area contributed by atoms with Gasteiger partial charge in [-0.05, 0) is 51.4 Å². The predicted octanol–water partition coefficient (Wildman–Crippen LogP) is 20.7. The SMILES string of the molecule is CCCCC/C=C\C/C=C\CCCCCCCCCC(=O)O[C@@H](COC(=O)CCCCCCCCCCCCCCC)COC(=O)CCCCCCCCCCCCCCCCCCCCCCC.